The molecule has 0 saturated heterocycles. The largest absolute Gasteiger partial charge is 0.348 e. The first kappa shape index (κ1) is 20.9. The van der Waals surface area contributed by atoms with Crippen LogP contribution in [0.2, 0.25) is 0 Å². The molecule has 0 aliphatic rings. The number of carbonyl (C=O) groups is 1. The summed E-state index contributed by atoms with van der Waals surface area (Å²) in [4.78, 5) is 17.4. The van der Waals surface area contributed by atoms with E-state index < -0.39 is 6.04 Å². The standard InChI is InChI=1S/C15H19N3OS.2ClH/c1-2-12-9-17-14(20-12)10-18-15(19)13(16)8-11-6-4-3-5-7-11;;/h3-7,9,13H,2,8,10,16H2,1H3,(H,18,19);2*1H. The summed E-state index contributed by atoms with van der Waals surface area (Å²) in [7, 11) is 0. The van der Waals surface area contributed by atoms with E-state index in [4.69, 9.17) is 5.73 Å². The SMILES string of the molecule is CCc1cnc(CNC(=O)C(N)Cc2ccccc2)s1.Cl.Cl. The maximum Gasteiger partial charge on any atom is 0.237 e. The number of nitrogens with two attached hydrogens (primary N) is 1. The van der Waals surface area contributed by atoms with Gasteiger partial charge in [0.2, 0.25) is 5.91 Å². The number of rotatable bonds is 6. The molecule has 1 aromatic carbocycles. The van der Waals surface area contributed by atoms with Crippen LogP contribution in [-0.2, 0) is 24.2 Å². The predicted octanol–water partition coefficient (Wildman–Crippen LogP) is 2.74. The van der Waals surface area contributed by atoms with Gasteiger partial charge in [-0.05, 0) is 18.4 Å². The molecule has 1 aromatic heterocycles. The first-order valence-corrected chi connectivity index (χ1v) is 7.51. The molecule has 0 saturated carbocycles. The van der Waals surface area contributed by atoms with Crippen LogP contribution >= 0.6 is 36.2 Å². The lowest BCUT2D eigenvalue weighted by molar-refractivity contribution is -0.122. The lowest BCUT2D eigenvalue weighted by atomic mass is 10.1. The van der Waals surface area contributed by atoms with Crippen molar-refractivity contribution in [3.8, 4) is 0 Å². The molecule has 22 heavy (non-hydrogen) atoms. The molecule has 1 amide bonds. The molecule has 1 atom stereocenters. The van der Waals surface area contributed by atoms with Gasteiger partial charge in [-0.15, -0.1) is 36.2 Å². The number of carbonyl (C=O) groups excluding carboxylic acids is 1. The van der Waals surface area contributed by atoms with Crippen LogP contribution in [-0.4, -0.2) is 16.9 Å². The van der Waals surface area contributed by atoms with Gasteiger partial charge in [-0.2, -0.15) is 0 Å². The van der Waals surface area contributed by atoms with E-state index in [0.717, 1.165) is 17.0 Å². The molecular formula is C15H21Cl2N3OS. The van der Waals surface area contributed by atoms with Crippen LogP contribution < -0.4 is 11.1 Å². The fraction of sp³-hybridized carbons (Fsp3) is 0.333. The molecule has 0 bridgehead atoms. The lowest BCUT2D eigenvalue weighted by Gasteiger charge is -2.11. The van der Waals surface area contributed by atoms with Crippen molar-refractivity contribution >= 4 is 42.1 Å². The van der Waals surface area contributed by atoms with E-state index in [1.165, 1.54) is 4.88 Å². The fourth-order valence-corrected chi connectivity index (χ4v) is 2.65. The van der Waals surface area contributed by atoms with Crippen LogP contribution in [0.25, 0.3) is 0 Å². The third-order valence-corrected chi connectivity index (χ3v) is 4.14. The highest BCUT2D eigenvalue weighted by Crippen LogP contribution is 2.12. The first-order chi connectivity index (χ1) is 9.69. The van der Waals surface area contributed by atoms with Gasteiger partial charge in [-0.25, -0.2) is 4.98 Å². The number of nitrogens with zero attached hydrogens (tertiary/aromatic N) is 1. The van der Waals surface area contributed by atoms with Gasteiger partial charge in [0.25, 0.3) is 0 Å². The van der Waals surface area contributed by atoms with Gasteiger partial charge >= 0.3 is 0 Å². The second-order valence-electron chi connectivity index (χ2n) is 4.59. The Morgan fingerprint density at radius 1 is 1.32 bits per heavy atom. The Morgan fingerprint density at radius 2 is 2.00 bits per heavy atom. The highest BCUT2D eigenvalue weighted by Gasteiger charge is 2.14. The minimum Gasteiger partial charge on any atom is -0.348 e. The Bertz CT molecular complexity index is 563. The van der Waals surface area contributed by atoms with E-state index >= 15 is 0 Å². The zero-order chi connectivity index (χ0) is 14.4. The van der Waals surface area contributed by atoms with Gasteiger partial charge < -0.3 is 11.1 Å². The Balaban J connectivity index is 0.00000220. The number of aromatic nitrogens is 1. The highest BCUT2D eigenvalue weighted by atomic mass is 35.5. The summed E-state index contributed by atoms with van der Waals surface area (Å²) in [6.45, 7) is 2.54. The second kappa shape index (κ2) is 10.6. The molecule has 7 heteroatoms. The molecule has 0 aliphatic heterocycles. The molecule has 1 heterocycles. The van der Waals surface area contributed by atoms with Crippen LogP contribution in [0, 0.1) is 0 Å². The van der Waals surface area contributed by atoms with Crippen molar-refractivity contribution < 1.29 is 4.79 Å². The number of amides is 1. The van der Waals surface area contributed by atoms with Crippen molar-refractivity contribution in [2.24, 2.45) is 5.73 Å². The molecule has 1 unspecified atom stereocenters. The second-order valence-corrected chi connectivity index (χ2v) is 5.79. The van der Waals surface area contributed by atoms with Crippen LogP contribution in [0.5, 0.6) is 0 Å². The summed E-state index contributed by atoms with van der Waals surface area (Å²) < 4.78 is 0. The van der Waals surface area contributed by atoms with Crippen molar-refractivity contribution in [3.63, 3.8) is 0 Å². The molecule has 3 N–H and O–H groups in total. The third-order valence-electron chi connectivity index (χ3n) is 3.00. The third kappa shape index (κ3) is 6.32. The summed E-state index contributed by atoms with van der Waals surface area (Å²) in [5.41, 5.74) is 6.98. The minimum absolute atomic E-state index is 0. The van der Waals surface area contributed by atoms with Gasteiger partial charge in [0.1, 0.15) is 5.01 Å². The number of benzene rings is 1. The number of aryl methyl sites for hydroxylation is 1. The molecule has 122 valence electrons. The Morgan fingerprint density at radius 3 is 2.59 bits per heavy atom. The molecular weight excluding hydrogens is 341 g/mol. The van der Waals surface area contributed by atoms with Gasteiger partial charge in [0.15, 0.2) is 0 Å². The van der Waals surface area contributed by atoms with Crippen LogP contribution in [0.4, 0.5) is 0 Å². The van der Waals surface area contributed by atoms with Crippen LogP contribution in [0.15, 0.2) is 36.5 Å². The number of nitrogens with one attached hydrogen (secondary N) is 1. The van der Waals surface area contributed by atoms with Gasteiger partial charge in [-0.1, -0.05) is 37.3 Å². The Hall–Kier alpha value is -1.14. The molecule has 4 nitrogen and oxygen atoms in total. The van der Waals surface area contributed by atoms with E-state index in [1.807, 2.05) is 36.5 Å². The molecule has 2 rings (SSSR count). The van der Waals surface area contributed by atoms with E-state index in [2.05, 4.69) is 17.2 Å². The van der Waals surface area contributed by atoms with Crippen molar-refractivity contribution in [2.45, 2.75) is 32.4 Å². The quantitative estimate of drug-likeness (QED) is 0.830. The average molecular weight is 362 g/mol. The highest BCUT2D eigenvalue weighted by molar-refractivity contribution is 7.11. The number of hydrogen-bond donors (Lipinski definition) is 2. The Labute approximate surface area is 147 Å². The van der Waals surface area contributed by atoms with Gasteiger partial charge in [-0.3, -0.25) is 4.79 Å². The topological polar surface area (TPSA) is 68.0 Å². The maximum absolute atomic E-state index is 11.9. The molecule has 0 aliphatic carbocycles. The zero-order valence-corrected chi connectivity index (χ0v) is 14.8. The van der Waals surface area contributed by atoms with Gasteiger partial charge in [0, 0.05) is 11.1 Å². The van der Waals surface area contributed by atoms with Crippen LogP contribution in [0.3, 0.4) is 0 Å². The average Bonchev–Trinajstić information content (AvgIpc) is 2.93. The summed E-state index contributed by atoms with van der Waals surface area (Å²) >= 11 is 1.62. The summed E-state index contributed by atoms with van der Waals surface area (Å²) in [6.07, 6.45) is 3.37. The summed E-state index contributed by atoms with van der Waals surface area (Å²) in [5.74, 6) is -0.137. The molecule has 0 spiro atoms. The monoisotopic (exact) mass is 361 g/mol. The van der Waals surface area contributed by atoms with Crippen molar-refractivity contribution in [2.75, 3.05) is 0 Å². The van der Waals surface area contributed by atoms with Gasteiger partial charge in [0.05, 0.1) is 12.6 Å². The Kier molecular flexibility index (Phi) is 10.0. The number of halogens is 2. The first-order valence-electron chi connectivity index (χ1n) is 6.70. The lowest BCUT2D eigenvalue weighted by Crippen LogP contribution is -2.41. The van der Waals surface area contributed by atoms with Crippen molar-refractivity contribution in [1.82, 2.24) is 10.3 Å². The summed E-state index contributed by atoms with van der Waals surface area (Å²) in [6, 6.07) is 9.26. The van der Waals surface area contributed by atoms with E-state index in [-0.39, 0.29) is 30.7 Å². The van der Waals surface area contributed by atoms with E-state index in [0.29, 0.717) is 13.0 Å². The summed E-state index contributed by atoms with van der Waals surface area (Å²) in [5, 5.41) is 3.76. The molecule has 0 fully saturated rings. The maximum atomic E-state index is 11.9. The van der Waals surface area contributed by atoms with Crippen molar-refractivity contribution in [1.29, 1.82) is 0 Å². The molecule has 0 radical (unpaired) electrons. The predicted molar refractivity (Wildman–Crippen MR) is 96.0 cm³/mol. The van der Waals surface area contributed by atoms with E-state index in [1.54, 1.807) is 11.3 Å². The van der Waals surface area contributed by atoms with Crippen molar-refractivity contribution in [3.05, 3.63) is 52.0 Å². The number of thiazole rings is 1. The van der Waals surface area contributed by atoms with E-state index in [9.17, 15) is 4.79 Å². The molecule has 2 aromatic rings. The van der Waals surface area contributed by atoms with Crippen LogP contribution in [0.1, 0.15) is 22.4 Å². The zero-order valence-electron chi connectivity index (χ0n) is 12.3. The normalized spacial score (nSPS) is 11.0. The minimum atomic E-state index is -0.525. The smallest absolute Gasteiger partial charge is 0.237 e. The number of hydrogen-bond acceptors (Lipinski definition) is 4. The fourth-order valence-electron chi connectivity index (χ4n) is 1.85.